The van der Waals surface area contributed by atoms with E-state index in [0.29, 0.717) is 0 Å². The van der Waals surface area contributed by atoms with E-state index >= 15 is 0 Å². The smallest absolute Gasteiger partial charge is 0.259 e. The van der Waals surface area contributed by atoms with Gasteiger partial charge in [-0.1, -0.05) is 13.8 Å². The van der Waals surface area contributed by atoms with Crippen molar-refractivity contribution in [3.8, 4) is 0 Å². The minimum Gasteiger partial charge on any atom is -0.339 e. The number of rotatable bonds is 3. The summed E-state index contributed by atoms with van der Waals surface area (Å²) >= 11 is 0. The first-order chi connectivity index (χ1) is 8.31. The first-order valence-corrected chi connectivity index (χ1v) is 7.51. The zero-order valence-corrected chi connectivity index (χ0v) is 11.8. The maximum Gasteiger partial charge on any atom is 0.259 e. The van der Waals surface area contributed by atoms with Gasteiger partial charge in [0.1, 0.15) is 0 Å². The Morgan fingerprint density at radius 3 is 2.83 bits per heavy atom. The van der Waals surface area contributed by atoms with Gasteiger partial charge in [-0.3, -0.25) is 0 Å². The van der Waals surface area contributed by atoms with Crippen LogP contribution in [0.25, 0.3) is 0 Å². The molecule has 1 aromatic rings. The number of hydrogen-bond acceptors (Lipinski definition) is 4. The van der Waals surface area contributed by atoms with Crippen LogP contribution in [0.5, 0.6) is 0 Å². The quantitative estimate of drug-likeness (QED) is 0.817. The molecule has 2 rings (SSSR count). The monoisotopic (exact) mass is 272 g/mol. The second-order valence-corrected chi connectivity index (χ2v) is 7.17. The zero-order chi connectivity index (χ0) is 13.4. The topological polar surface area (TPSA) is 76.0 Å². The number of imidazole rings is 1. The van der Waals surface area contributed by atoms with Gasteiger partial charge in [-0.2, -0.15) is 0 Å². The van der Waals surface area contributed by atoms with E-state index in [2.05, 4.69) is 28.9 Å². The standard InChI is InChI=1S/C11H20N4O2S/c1-11(2)7-12-5-4-9(11)14-18(16,17)10-6-15(3)8-13-10/h6,8-9,12,14H,4-5,7H2,1-3H3. The van der Waals surface area contributed by atoms with E-state index in [-0.39, 0.29) is 16.5 Å². The molecule has 18 heavy (non-hydrogen) atoms. The van der Waals surface area contributed by atoms with Crippen molar-refractivity contribution in [1.82, 2.24) is 19.6 Å². The highest BCUT2D eigenvalue weighted by molar-refractivity contribution is 7.89. The van der Waals surface area contributed by atoms with Crippen molar-refractivity contribution in [2.45, 2.75) is 31.3 Å². The molecule has 0 aromatic carbocycles. The van der Waals surface area contributed by atoms with Gasteiger partial charge in [0.25, 0.3) is 10.0 Å². The van der Waals surface area contributed by atoms with Crippen LogP contribution in [0.2, 0.25) is 0 Å². The third-order valence-electron chi connectivity index (χ3n) is 3.39. The molecule has 0 radical (unpaired) electrons. The molecule has 0 spiro atoms. The Bertz CT molecular complexity index is 521. The van der Waals surface area contributed by atoms with Crippen LogP contribution in [0.15, 0.2) is 17.6 Å². The Balaban J connectivity index is 2.17. The molecule has 2 N–H and O–H groups in total. The van der Waals surface area contributed by atoms with Crippen molar-refractivity contribution < 1.29 is 8.42 Å². The molecule has 1 aliphatic heterocycles. The lowest BCUT2D eigenvalue weighted by molar-refractivity contribution is 0.206. The third kappa shape index (κ3) is 2.73. The maximum absolute atomic E-state index is 12.2. The van der Waals surface area contributed by atoms with Crippen molar-refractivity contribution in [2.24, 2.45) is 12.5 Å². The Hall–Kier alpha value is -0.920. The lowest BCUT2D eigenvalue weighted by Crippen LogP contribution is -2.54. The minimum atomic E-state index is -3.52. The van der Waals surface area contributed by atoms with E-state index < -0.39 is 10.0 Å². The fourth-order valence-electron chi connectivity index (χ4n) is 2.16. The average Bonchev–Trinajstić information content (AvgIpc) is 2.69. The highest BCUT2D eigenvalue weighted by Gasteiger charge is 2.35. The number of piperidine rings is 1. The molecule has 2 heterocycles. The first kappa shape index (κ1) is 13.5. The minimum absolute atomic E-state index is 0.0641. The lowest BCUT2D eigenvalue weighted by Gasteiger charge is -2.38. The SMILES string of the molecule is Cn1cnc(S(=O)(=O)NC2CCNCC2(C)C)c1. The predicted octanol–water partition coefficient (Wildman–Crippen LogP) is 0.0865. The second kappa shape index (κ2) is 4.64. The van der Waals surface area contributed by atoms with Gasteiger partial charge < -0.3 is 9.88 Å². The van der Waals surface area contributed by atoms with Crippen LogP contribution in [0.3, 0.4) is 0 Å². The van der Waals surface area contributed by atoms with Crippen molar-refractivity contribution in [3.63, 3.8) is 0 Å². The molecule has 7 heteroatoms. The zero-order valence-electron chi connectivity index (χ0n) is 11.0. The summed E-state index contributed by atoms with van der Waals surface area (Å²) in [6.07, 6.45) is 3.79. The number of sulfonamides is 1. The first-order valence-electron chi connectivity index (χ1n) is 6.02. The largest absolute Gasteiger partial charge is 0.339 e. The summed E-state index contributed by atoms with van der Waals surface area (Å²) in [6.45, 7) is 5.76. The van der Waals surface area contributed by atoms with Crippen LogP contribution in [0.4, 0.5) is 0 Å². The van der Waals surface area contributed by atoms with Gasteiger partial charge >= 0.3 is 0 Å². The Kier molecular flexibility index (Phi) is 3.48. The van der Waals surface area contributed by atoms with Gasteiger partial charge in [0.2, 0.25) is 0 Å². The maximum atomic E-state index is 12.2. The van der Waals surface area contributed by atoms with E-state index in [0.717, 1.165) is 19.5 Å². The van der Waals surface area contributed by atoms with E-state index in [1.165, 1.54) is 12.5 Å². The molecule has 1 unspecified atom stereocenters. The summed E-state index contributed by atoms with van der Waals surface area (Å²) in [7, 11) is -1.77. The summed E-state index contributed by atoms with van der Waals surface area (Å²) in [5.74, 6) is 0. The van der Waals surface area contributed by atoms with Crippen LogP contribution in [-0.2, 0) is 17.1 Å². The fourth-order valence-corrected chi connectivity index (χ4v) is 3.59. The average molecular weight is 272 g/mol. The summed E-state index contributed by atoms with van der Waals surface area (Å²) < 4.78 is 28.8. The number of nitrogens with one attached hydrogen (secondary N) is 2. The molecule has 0 aliphatic carbocycles. The van der Waals surface area contributed by atoms with Gasteiger partial charge in [-0.25, -0.2) is 18.1 Å². The van der Waals surface area contributed by atoms with Gasteiger partial charge in [-0.05, 0) is 18.4 Å². The van der Waals surface area contributed by atoms with E-state index in [1.807, 2.05) is 0 Å². The molecule has 0 saturated carbocycles. The molecule has 1 saturated heterocycles. The molecule has 0 amide bonds. The summed E-state index contributed by atoms with van der Waals surface area (Å²) in [5.41, 5.74) is -0.0971. The normalized spacial score (nSPS) is 24.1. The summed E-state index contributed by atoms with van der Waals surface area (Å²) in [4.78, 5) is 3.90. The summed E-state index contributed by atoms with van der Waals surface area (Å²) in [5, 5.41) is 3.36. The highest BCUT2D eigenvalue weighted by Crippen LogP contribution is 2.26. The Morgan fingerprint density at radius 2 is 2.28 bits per heavy atom. The number of hydrogen-bond donors (Lipinski definition) is 2. The van der Waals surface area contributed by atoms with Crippen molar-refractivity contribution >= 4 is 10.0 Å². The second-order valence-electron chi connectivity index (χ2n) is 5.51. The van der Waals surface area contributed by atoms with E-state index in [9.17, 15) is 8.42 Å². The molecular weight excluding hydrogens is 252 g/mol. The van der Waals surface area contributed by atoms with Crippen molar-refractivity contribution in [2.75, 3.05) is 13.1 Å². The molecular formula is C11H20N4O2S. The summed E-state index contributed by atoms with van der Waals surface area (Å²) in [6, 6.07) is -0.0641. The number of aryl methyl sites for hydroxylation is 1. The van der Waals surface area contributed by atoms with Crippen LogP contribution >= 0.6 is 0 Å². The van der Waals surface area contributed by atoms with E-state index in [1.54, 1.807) is 11.6 Å². The van der Waals surface area contributed by atoms with Crippen LogP contribution in [-0.4, -0.2) is 37.1 Å². The molecule has 1 aromatic heterocycles. The number of nitrogens with zero attached hydrogens (tertiary/aromatic N) is 2. The van der Waals surface area contributed by atoms with Crippen molar-refractivity contribution in [3.05, 3.63) is 12.5 Å². The van der Waals surface area contributed by atoms with Crippen LogP contribution in [0, 0.1) is 5.41 Å². The van der Waals surface area contributed by atoms with Gasteiger partial charge in [0.15, 0.2) is 5.03 Å². The molecule has 1 fully saturated rings. The molecule has 0 bridgehead atoms. The lowest BCUT2D eigenvalue weighted by atomic mass is 9.81. The molecule has 1 atom stereocenters. The third-order valence-corrected chi connectivity index (χ3v) is 4.74. The number of aromatic nitrogens is 2. The van der Waals surface area contributed by atoms with E-state index in [4.69, 9.17) is 0 Å². The van der Waals surface area contributed by atoms with Crippen molar-refractivity contribution in [1.29, 1.82) is 0 Å². The molecule has 6 nitrogen and oxygen atoms in total. The Morgan fingerprint density at radius 1 is 1.56 bits per heavy atom. The Labute approximate surface area is 108 Å². The highest BCUT2D eigenvalue weighted by atomic mass is 32.2. The van der Waals surface area contributed by atoms with Crippen LogP contribution < -0.4 is 10.0 Å². The molecule has 1 aliphatic rings. The predicted molar refractivity (Wildman–Crippen MR) is 68.6 cm³/mol. The van der Waals surface area contributed by atoms with Gasteiger partial charge in [0, 0.05) is 25.8 Å². The van der Waals surface area contributed by atoms with Gasteiger partial charge in [0.05, 0.1) is 6.33 Å². The van der Waals surface area contributed by atoms with Gasteiger partial charge in [-0.15, -0.1) is 0 Å². The van der Waals surface area contributed by atoms with Crippen LogP contribution in [0.1, 0.15) is 20.3 Å². The molecule has 102 valence electrons. The fraction of sp³-hybridized carbons (Fsp3) is 0.727.